The standard InChI is InChI=1S/C21H18N2O3S2/c1-25-21(24)17-13-27-19(23-17)9-10-20-22-16-8-7-15(11-18(16)28-20)26-12-14-5-3-2-4-6-14/h2-11,17H,12-13H2,1H3. The number of esters is 1. The molecule has 0 fully saturated rings. The van der Waals surface area contributed by atoms with Gasteiger partial charge in [0.05, 0.1) is 22.4 Å². The Kier molecular flexibility index (Phi) is 5.73. The highest BCUT2D eigenvalue weighted by atomic mass is 32.2. The van der Waals surface area contributed by atoms with E-state index < -0.39 is 6.04 Å². The van der Waals surface area contributed by atoms with Crippen LogP contribution in [0.25, 0.3) is 16.3 Å². The van der Waals surface area contributed by atoms with E-state index in [-0.39, 0.29) is 5.97 Å². The first kappa shape index (κ1) is 18.7. The molecular formula is C21H18N2O3S2. The number of aliphatic imine (C=N–C) groups is 1. The van der Waals surface area contributed by atoms with Crippen LogP contribution in [0.4, 0.5) is 0 Å². The predicted octanol–water partition coefficient (Wildman–Crippen LogP) is 4.58. The zero-order valence-electron chi connectivity index (χ0n) is 15.2. The molecule has 0 bridgehead atoms. The number of nitrogens with zero attached hydrogens (tertiary/aromatic N) is 2. The highest BCUT2D eigenvalue weighted by Crippen LogP contribution is 2.28. The van der Waals surface area contributed by atoms with E-state index in [4.69, 9.17) is 9.47 Å². The minimum Gasteiger partial charge on any atom is -0.489 e. The molecule has 0 radical (unpaired) electrons. The minimum absolute atomic E-state index is 0.293. The van der Waals surface area contributed by atoms with Crippen molar-refractivity contribution in [2.24, 2.45) is 4.99 Å². The van der Waals surface area contributed by atoms with Crippen LogP contribution in [0.15, 0.2) is 59.6 Å². The van der Waals surface area contributed by atoms with Gasteiger partial charge in [-0.2, -0.15) is 0 Å². The summed E-state index contributed by atoms with van der Waals surface area (Å²) in [5, 5.41) is 1.71. The lowest BCUT2D eigenvalue weighted by Gasteiger charge is -2.05. The van der Waals surface area contributed by atoms with Crippen molar-refractivity contribution in [2.75, 3.05) is 12.9 Å². The van der Waals surface area contributed by atoms with Gasteiger partial charge >= 0.3 is 5.97 Å². The van der Waals surface area contributed by atoms with Gasteiger partial charge in [-0.3, -0.25) is 4.99 Å². The van der Waals surface area contributed by atoms with Crippen molar-refractivity contribution in [3.05, 3.63) is 65.2 Å². The molecule has 5 nitrogen and oxygen atoms in total. The molecule has 7 heteroatoms. The lowest BCUT2D eigenvalue weighted by atomic mass is 10.2. The summed E-state index contributed by atoms with van der Waals surface area (Å²) in [5.41, 5.74) is 2.07. The molecule has 1 unspecified atom stereocenters. The number of carbonyl (C=O) groups is 1. The van der Waals surface area contributed by atoms with Crippen LogP contribution in [0, 0.1) is 0 Å². The van der Waals surface area contributed by atoms with Crippen LogP contribution in [-0.4, -0.2) is 34.9 Å². The molecule has 1 aliphatic heterocycles. The fourth-order valence-electron chi connectivity index (χ4n) is 2.71. The summed E-state index contributed by atoms with van der Waals surface area (Å²) in [6.45, 7) is 0.538. The number of hydrogen-bond donors (Lipinski definition) is 0. The quantitative estimate of drug-likeness (QED) is 0.557. The highest BCUT2D eigenvalue weighted by Gasteiger charge is 2.24. The molecule has 0 saturated carbocycles. The summed E-state index contributed by atoms with van der Waals surface area (Å²) in [6, 6.07) is 15.6. The van der Waals surface area contributed by atoms with Crippen LogP contribution in [0.5, 0.6) is 5.75 Å². The smallest absolute Gasteiger partial charge is 0.331 e. The molecule has 142 valence electrons. The first-order valence-electron chi connectivity index (χ1n) is 8.75. The Hall–Kier alpha value is -2.64. The molecule has 0 N–H and O–H groups in total. The van der Waals surface area contributed by atoms with Crippen molar-refractivity contribution in [2.45, 2.75) is 12.6 Å². The molecule has 1 aliphatic rings. The van der Waals surface area contributed by atoms with Gasteiger partial charge in [0.15, 0.2) is 6.04 Å². The Morgan fingerprint density at radius 2 is 2.07 bits per heavy atom. The van der Waals surface area contributed by atoms with E-state index in [0.29, 0.717) is 12.4 Å². The number of thioether (sulfide) groups is 1. The van der Waals surface area contributed by atoms with Gasteiger partial charge in [-0.05, 0) is 35.9 Å². The van der Waals surface area contributed by atoms with Gasteiger partial charge in [-0.25, -0.2) is 9.78 Å². The maximum Gasteiger partial charge on any atom is 0.331 e. The third-order valence-corrected chi connectivity index (χ3v) is 6.14. The maximum atomic E-state index is 11.5. The Labute approximate surface area is 171 Å². The van der Waals surface area contributed by atoms with Gasteiger partial charge in [-0.1, -0.05) is 30.3 Å². The zero-order valence-corrected chi connectivity index (χ0v) is 16.8. The second kappa shape index (κ2) is 8.58. The fraction of sp³-hybridized carbons (Fsp3) is 0.190. The Bertz CT molecular complexity index is 1040. The van der Waals surface area contributed by atoms with Gasteiger partial charge in [0.1, 0.15) is 17.4 Å². The molecule has 0 amide bonds. The number of aromatic nitrogens is 1. The molecule has 2 heterocycles. The molecule has 28 heavy (non-hydrogen) atoms. The fourth-order valence-corrected chi connectivity index (χ4v) is 4.51. The Morgan fingerprint density at radius 1 is 1.21 bits per heavy atom. The molecule has 1 aromatic heterocycles. The summed E-state index contributed by atoms with van der Waals surface area (Å²) in [7, 11) is 1.38. The van der Waals surface area contributed by atoms with E-state index in [0.717, 1.165) is 31.6 Å². The lowest BCUT2D eigenvalue weighted by molar-refractivity contribution is -0.141. The van der Waals surface area contributed by atoms with Crippen molar-refractivity contribution >= 4 is 50.4 Å². The van der Waals surface area contributed by atoms with Crippen molar-refractivity contribution in [3.8, 4) is 5.75 Å². The molecule has 3 aromatic rings. The third-order valence-electron chi connectivity index (χ3n) is 4.14. The minimum atomic E-state index is -0.408. The zero-order chi connectivity index (χ0) is 19.3. The number of benzene rings is 2. The van der Waals surface area contributed by atoms with Crippen LogP contribution >= 0.6 is 23.1 Å². The number of ether oxygens (including phenoxy) is 2. The number of thiazole rings is 1. The molecule has 0 spiro atoms. The molecule has 1 atom stereocenters. The number of methoxy groups -OCH3 is 1. The average molecular weight is 411 g/mol. The van der Waals surface area contributed by atoms with Crippen molar-refractivity contribution in [3.63, 3.8) is 0 Å². The topological polar surface area (TPSA) is 60.8 Å². The summed E-state index contributed by atoms with van der Waals surface area (Å²) < 4.78 is 11.7. The normalized spacial score (nSPS) is 16.5. The average Bonchev–Trinajstić information content (AvgIpc) is 3.37. The van der Waals surface area contributed by atoms with Crippen LogP contribution in [0.1, 0.15) is 10.6 Å². The lowest BCUT2D eigenvalue weighted by Crippen LogP contribution is -2.19. The molecule has 0 saturated heterocycles. The number of carbonyl (C=O) groups excluding carboxylic acids is 1. The van der Waals surface area contributed by atoms with E-state index in [1.165, 1.54) is 7.11 Å². The van der Waals surface area contributed by atoms with Gasteiger partial charge in [0, 0.05) is 5.75 Å². The van der Waals surface area contributed by atoms with Crippen LogP contribution in [0.2, 0.25) is 0 Å². The van der Waals surface area contributed by atoms with Crippen molar-refractivity contribution < 1.29 is 14.3 Å². The van der Waals surface area contributed by atoms with Crippen LogP contribution in [-0.2, 0) is 16.1 Å². The first-order chi connectivity index (χ1) is 13.7. The van der Waals surface area contributed by atoms with E-state index in [2.05, 4.69) is 9.98 Å². The van der Waals surface area contributed by atoms with Gasteiger partial charge < -0.3 is 9.47 Å². The van der Waals surface area contributed by atoms with Gasteiger partial charge in [0.25, 0.3) is 0 Å². The van der Waals surface area contributed by atoms with Crippen LogP contribution < -0.4 is 4.74 Å². The third kappa shape index (κ3) is 4.43. The summed E-state index contributed by atoms with van der Waals surface area (Å²) >= 11 is 3.14. The van der Waals surface area contributed by atoms with Gasteiger partial charge in [0.2, 0.25) is 0 Å². The predicted molar refractivity (Wildman–Crippen MR) is 115 cm³/mol. The number of fused-ring (bicyclic) bond motifs is 1. The highest BCUT2D eigenvalue weighted by molar-refractivity contribution is 8.14. The number of hydrogen-bond acceptors (Lipinski definition) is 7. The van der Waals surface area contributed by atoms with Crippen LogP contribution in [0.3, 0.4) is 0 Å². The maximum absolute atomic E-state index is 11.5. The Morgan fingerprint density at radius 3 is 2.89 bits per heavy atom. The molecule has 2 aromatic carbocycles. The largest absolute Gasteiger partial charge is 0.489 e. The summed E-state index contributed by atoms with van der Waals surface area (Å²) in [4.78, 5) is 20.5. The second-order valence-electron chi connectivity index (χ2n) is 6.11. The Balaban J connectivity index is 1.44. The van der Waals surface area contributed by atoms with Gasteiger partial charge in [-0.15, -0.1) is 23.1 Å². The molecule has 4 rings (SSSR count). The summed E-state index contributed by atoms with van der Waals surface area (Å²) in [6.07, 6.45) is 3.83. The molecular weight excluding hydrogens is 392 g/mol. The first-order valence-corrected chi connectivity index (χ1v) is 10.6. The number of rotatable bonds is 6. The second-order valence-corrected chi connectivity index (χ2v) is 8.21. The van der Waals surface area contributed by atoms with E-state index in [9.17, 15) is 4.79 Å². The van der Waals surface area contributed by atoms with E-state index in [1.807, 2.05) is 60.7 Å². The molecule has 0 aliphatic carbocycles. The van der Waals surface area contributed by atoms with Crippen molar-refractivity contribution in [1.29, 1.82) is 0 Å². The van der Waals surface area contributed by atoms with Crippen molar-refractivity contribution in [1.82, 2.24) is 4.98 Å². The summed E-state index contributed by atoms with van der Waals surface area (Å²) in [5.74, 6) is 1.15. The van der Waals surface area contributed by atoms with E-state index >= 15 is 0 Å². The van der Waals surface area contributed by atoms with E-state index in [1.54, 1.807) is 23.1 Å². The SMILES string of the molecule is COC(=O)C1CSC(C=Cc2nc3ccc(OCc4ccccc4)cc3s2)=N1. The monoisotopic (exact) mass is 410 g/mol.